The van der Waals surface area contributed by atoms with Crippen LogP contribution >= 0.6 is 0 Å². The van der Waals surface area contributed by atoms with Gasteiger partial charge in [-0.15, -0.1) is 0 Å². The highest BCUT2D eigenvalue weighted by Crippen LogP contribution is 1.84. The average molecular weight is 107 g/mol. The molecule has 1 aromatic heterocycles. The van der Waals surface area contributed by atoms with E-state index in [1.165, 1.54) is 12.3 Å². The lowest BCUT2D eigenvalue weighted by Gasteiger charge is -1.89. The number of rotatable bonds is 0. The Bertz CT molecular complexity index is 169. The summed E-state index contributed by atoms with van der Waals surface area (Å²) in [6.07, 6.45) is 2.52. The minimum absolute atomic E-state index is 0.139. The van der Waals surface area contributed by atoms with Crippen LogP contribution in [0.3, 0.4) is 0 Å². The Labute approximate surface area is 48.0 Å². The van der Waals surface area contributed by atoms with Crippen molar-refractivity contribution < 1.29 is 4.39 Å². The SMILES string of the molecule is [B]c1ccncc1F. The van der Waals surface area contributed by atoms with Crippen LogP contribution in [0.1, 0.15) is 0 Å². The first-order valence-electron chi connectivity index (χ1n) is 2.15. The predicted octanol–water partition coefficient (Wildman–Crippen LogP) is 0.0145. The summed E-state index contributed by atoms with van der Waals surface area (Å²) in [5.74, 6) is -0.465. The molecule has 3 heteroatoms. The number of halogens is 1. The summed E-state index contributed by atoms with van der Waals surface area (Å²) in [6, 6.07) is 1.41. The van der Waals surface area contributed by atoms with Crippen molar-refractivity contribution in [3.63, 3.8) is 0 Å². The van der Waals surface area contributed by atoms with E-state index in [1.807, 2.05) is 0 Å². The molecular weight excluding hydrogens is 104 g/mol. The third-order valence-electron chi connectivity index (χ3n) is 0.804. The molecule has 0 bridgehead atoms. The fourth-order valence-electron chi connectivity index (χ4n) is 0.386. The van der Waals surface area contributed by atoms with Gasteiger partial charge in [-0.2, -0.15) is 0 Å². The van der Waals surface area contributed by atoms with Crippen LogP contribution < -0.4 is 5.46 Å². The van der Waals surface area contributed by atoms with Crippen LogP contribution in [0.15, 0.2) is 18.5 Å². The second-order valence-corrected chi connectivity index (χ2v) is 1.40. The van der Waals surface area contributed by atoms with Crippen molar-refractivity contribution >= 4 is 13.3 Å². The second-order valence-electron chi connectivity index (χ2n) is 1.40. The number of hydrogen-bond acceptors (Lipinski definition) is 1. The standard InChI is InChI=1S/C5H3BFN/c6-4-1-2-8-3-5(4)7/h1-3H. The fraction of sp³-hybridized carbons (Fsp3) is 0. The monoisotopic (exact) mass is 107 g/mol. The highest BCUT2D eigenvalue weighted by atomic mass is 19.1. The molecule has 0 aliphatic rings. The summed E-state index contributed by atoms with van der Waals surface area (Å²) in [7, 11) is 5.10. The number of aromatic nitrogens is 1. The molecule has 1 rings (SSSR count). The van der Waals surface area contributed by atoms with Gasteiger partial charge in [-0.3, -0.25) is 4.98 Å². The van der Waals surface area contributed by atoms with Gasteiger partial charge in [0.25, 0.3) is 0 Å². The first-order valence-corrected chi connectivity index (χ1v) is 2.15. The molecule has 0 N–H and O–H groups in total. The van der Waals surface area contributed by atoms with Gasteiger partial charge in [0, 0.05) is 6.20 Å². The maximum Gasteiger partial charge on any atom is 0.134 e. The van der Waals surface area contributed by atoms with Gasteiger partial charge in [-0.25, -0.2) is 4.39 Å². The van der Waals surface area contributed by atoms with Gasteiger partial charge >= 0.3 is 0 Å². The third kappa shape index (κ3) is 0.859. The fourth-order valence-corrected chi connectivity index (χ4v) is 0.386. The molecule has 1 heterocycles. The number of pyridine rings is 1. The van der Waals surface area contributed by atoms with Crippen LogP contribution in [0.25, 0.3) is 0 Å². The largest absolute Gasteiger partial charge is 0.262 e. The van der Waals surface area contributed by atoms with E-state index in [4.69, 9.17) is 7.85 Å². The number of hydrogen-bond donors (Lipinski definition) is 0. The van der Waals surface area contributed by atoms with Crippen molar-refractivity contribution in [2.24, 2.45) is 0 Å². The van der Waals surface area contributed by atoms with E-state index in [0.29, 0.717) is 0 Å². The molecule has 38 valence electrons. The van der Waals surface area contributed by atoms with E-state index >= 15 is 0 Å². The molecule has 0 saturated carbocycles. The van der Waals surface area contributed by atoms with Gasteiger partial charge in [0.2, 0.25) is 0 Å². The summed E-state index contributed by atoms with van der Waals surface area (Å²) in [6.45, 7) is 0. The van der Waals surface area contributed by atoms with Crippen LogP contribution in [-0.4, -0.2) is 12.8 Å². The lowest BCUT2D eigenvalue weighted by molar-refractivity contribution is 0.630. The predicted molar refractivity (Wildman–Crippen MR) is 29.6 cm³/mol. The highest BCUT2D eigenvalue weighted by Gasteiger charge is 1.89. The zero-order valence-corrected chi connectivity index (χ0v) is 4.13. The van der Waals surface area contributed by atoms with Crippen LogP contribution in [0, 0.1) is 5.82 Å². The molecule has 0 amide bonds. The van der Waals surface area contributed by atoms with Gasteiger partial charge in [-0.05, 0) is 6.07 Å². The van der Waals surface area contributed by atoms with E-state index in [1.54, 1.807) is 0 Å². The van der Waals surface area contributed by atoms with E-state index < -0.39 is 5.82 Å². The Balaban J connectivity index is 3.13. The first-order chi connectivity index (χ1) is 3.80. The maximum atomic E-state index is 12.1. The molecule has 0 fully saturated rings. The lowest BCUT2D eigenvalue weighted by Crippen LogP contribution is -2.06. The first kappa shape index (κ1) is 5.28. The minimum Gasteiger partial charge on any atom is -0.262 e. The molecule has 2 radical (unpaired) electrons. The van der Waals surface area contributed by atoms with Gasteiger partial charge in [0.1, 0.15) is 13.7 Å². The average Bonchev–Trinajstić information content (AvgIpc) is 1.77. The molecule has 1 aromatic rings. The van der Waals surface area contributed by atoms with Gasteiger partial charge < -0.3 is 0 Å². The van der Waals surface area contributed by atoms with E-state index in [2.05, 4.69) is 4.98 Å². The summed E-state index contributed by atoms with van der Waals surface area (Å²) in [4.78, 5) is 3.49. The van der Waals surface area contributed by atoms with Gasteiger partial charge in [-0.1, -0.05) is 5.46 Å². The Morgan fingerprint density at radius 3 is 2.75 bits per heavy atom. The Hall–Kier alpha value is -0.855. The summed E-state index contributed by atoms with van der Waals surface area (Å²) < 4.78 is 12.1. The molecule has 0 spiro atoms. The molecule has 0 aliphatic carbocycles. The Kier molecular flexibility index (Phi) is 1.28. The zero-order valence-electron chi connectivity index (χ0n) is 4.13. The van der Waals surface area contributed by atoms with Crippen molar-refractivity contribution in [2.45, 2.75) is 0 Å². The van der Waals surface area contributed by atoms with Crippen molar-refractivity contribution in [3.05, 3.63) is 24.3 Å². The lowest BCUT2D eigenvalue weighted by atomic mass is 9.98. The van der Waals surface area contributed by atoms with Gasteiger partial charge in [0.15, 0.2) is 0 Å². The topological polar surface area (TPSA) is 12.9 Å². The smallest absolute Gasteiger partial charge is 0.134 e. The van der Waals surface area contributed by atoms with Gasteiger partial charge in [0.05, 0.1) is 6.20 Å². The summed E-state index contributed by atoms with van der Waals surface area (Å²) in [5.41, 5.74) is 0.139. The molecule has 0 aliphatic heterocycles. The van der Waals surface area contributed by atoms with Crippen molar-refractivity contribution in [3.8, 4) is 0 Å². The zero-order chi connectivity index (χ0) is 5.98. The minimum atomic E-state index is -0.465. The molecular formula is C5H3BFN. The van der Waals surface area contributed by atoms with Crippen molar-refractivity contribution in [1.29, 1.82) is 0 Å². The van der Waals surface area contributed by atoms with Crippen LogP contribution in [-0.2, 0) is 0 Å². The summed E-state index contributed by atoms with van der Waals surface area (Å²) >= 11 is 0. The highest BCUT2D eigenvalue weighted by molar-refractivity contribution is 6.32. The van der Waals surface area contributed by atoms with Crippen LogP contribution in [0.2, 0.25) is 0 Å². The molecule has 1 nitrogen and oxygen atoms in total. The molecule has 8 heavy (non-hydrogen) atoms. The van der Waals surface area contributed by atoms with Crippen LogP contribution in [0.5, 0.6) is 0 Å². The third-order valence-corrected chi connectivity index (χ3v) is 0.804. The van der Waals surface area contributed by atoms with Crippen LogP contribution in [0.4, 0.5) is 4.39 Å². The maximum absolute atomic E-state index is 12.1. The van der Waals surface area contributed by atoms with E-state index in [9.17, 15) is 4.39 Å². The quantitative estimate of drug-likeness (QED) is 0.425. The number of nitrogens with zero attached hydrogens (tertiary/aromatic N) is 1. The molecule has 0 unspecified atom stereocenters. The summed E-state index contributed by atoms with van der Waals surface area (Å²) in [5, 5.41) is 0. The van der Waals surface area contributed by atoms with E-state index in [-0.39, 0.29) is 5.46 Å². The normalized spacial score (nSPS) is 9.12. The van der Waals surface area contributed by atoms with E-state index in [0.717, 1.165) is 6.20 Å². The molecule has 0 atom stereocenters. The second kappa shape index (κ2) is 1.94. The van der Waals surface area contributed by atoms with Crippen molar-refractivity contribution in [2.75, 3.05) is 0 Å². The molecule has 0 saturated heterocycles. The molecule has 0 aromatic carbocycles. The Morgan fingerprint density at radius 2 is 2.38 bits per heavy atom. The Morgan fingerprint density at radius 1 is 1.62 bits per heavy atom. The van der Waals surface area contributed by atoms with Crippen molar-refractivity contribution in [1.82, 2.24) is 4.98 Å².